The molecule has 6 nitrogen and oxygen atoms in total. The number of carbonyl (C=O) groups excluding carboxylic acids is 1. The molecule has 1 aromatic carbocycles. The molecule has 0 unspecified atom stereocenters. The number of hydrogen-bond acceptors (Lipinski definition) is 6. The second-order valence-electron chi connectivity index (χ2n) is 4.36. The first-order valence-electron chi connectivity index (χ1n) is 6.43. The molecule has 0 aliphatic rings. The molecule has 0 atom stereocenters. The summed E-state index contributed by atoms with van der Waals surface area (Å²) >= 11 is 6.69. The van der Waals surface area contributed by atoms with Crippen LogP contribution in [0, 0.1) is 0 Å². The molecule has 0 aliphatic carbocycles. The maximum Gasteiger partial charge on any atom is 0.338 e. The van der Waals surface area contributed by atoms with Crippen molar-refractivity contribution in [2.24, 2.45) is 5.10 Å². The van der Waals surface area contributed by atoms with Gasteiger partial charge in [-0.25, -0.2) is 9.78 Å². The Balaban J connectivity index is 2.22. The van der Waals surface area contributed by atoms with Crippen molar-refractivity contribution in [3.63, 3.8) is 0 Å². The van der Waals surface area contributed by atoms with Crippen LogP contribution in [0.15, 0.2) is 52.7 Å². The van der Waals surface area contributed by atoms with Crippen molar-refractivity contribution in [1.29, 1.82) is 0 Å². The highest BCUT2D eigenvalue weighted by atomic mass is 35.5. The second-order valence-corrected chi connectivity index (χ2v) is 5.77. The van der Waals surface area contributed by atoms with E-state index >= 15 is 0 Å². The van der Waals surface area contributed by atoms with Crippen LogP contribution in [-0.2, 0) is 4.79 Å². The van der Waals surface area contributed by atoms with Gasteiger partial charge in [0, 0.05) is 18.1 Å². The van der Waals surface area contributed by atoms with E-state index in [4.69, 9.17) is 16.7 Å². The summed E-state index contributed by atoms with van der Waals surface area (Å²) in [5.41, 5.74) is 3.39. The van der Waals surface area contributed by atoms with Crippen LogP contribution in [0.3, 0.4) is 0 Å². The normalized spacial score (nSPS) is 11.1. The smallest absolute Gasteiger partial charge is 0.338 e. The van der Waals surface area contributed by atoms with Gasteiger partial charge in [0.05, 0.1) is 11.3 Å². The number of nitrogens with one attached hydrogen (secondary N) is 1. The van der Waals surface area contributed by atoms with Gasteiger partial charge in [-0.2, -0.15) is 5.10 Å². The quantitative estimate of drug-likeness (QED) is 0.371. The molecule has 0 radical (unpaired) electrons. The second kappa shape index (κ2) is 7.75. The zero-order chi connectivity index (χ0) is 16.8. The van der Waals surface area contributed by atoms with Gasteiger partial charge in [-0.15, -0.1) is 0 Å². The number of hydrogen-bond donors (Lipinski definition) is 2. The lowest BCUT2D eigenvalue weighted by Gasteiger charge is -2.06. The highest BCUT2D eigenvalue weighted by Crippen LogP contribution is 2.22. The molecule has 0 saturated heterocycles. The number of nitrogens with zero attached hydrogens (tertiary/aromatic N) is 2. The van der Waals surface area contributed by atoms with E-state index in [1.54, 1.807) is 24.3 Å². The SMILES string of the molecule is CC(=O)C(=NNc1ccc(Cl)cc1)Sc1ncccc1C(=O)O. The topological polar surface area (TPSA) is 91.7 Å². The van der Waals surface area contributed by atoms with E-state index < -0.39 is 5.97 Å². The van der Waals surface area contributed by atoms with Gasteiger partial charge in [0.2, 0.25) is 0 Å². The Kier molecular flexibility index (Phi) is 5.72. The first-order valence-corrected chi connectivity index (χ1v) is 7.63. The van der Waals surface area contributed by atoms with Crippen molar-refractivity contribution in [2.45, 2.75) is 11.9 Å². The minimum absolute atomic E-state index is 0.0120. The predicted octanol–water partition coefficient (Wildman–Crippen LogP) is 3.54. The van der Waals surface area contributed by atoms with Crippen LogP contribution in [0.4, 0.5) is 5.69 Å². The first kappa shape index (κ1) is 17.0. The summed E-state index contributed by atoms with van der Waals surface area (Å²) in [5, 5.41) is 14.1. The molecule has 1 heterocycles. The predicted molar refractivity (Wildman–Crippen MR) is 90.2 cm³/mol. The van der Waals surface area contributed by atoms with E-state index in [9.17, 15) is 9.59 Å². The molecule has 2 aromatic rings. The highest BCUT2D eigenvalue weighted by molar-refractivity contribution is 8.15. The van der Waals surface area contributed by atoms with Crippen molar-refractivity contribution in [1.82, 2.24) is 4.98 Å². The summed E-state index contributed by atoms with van der Waals surface area (Å²) in [4.78, 5) is 26.9. The number of anilines is 1. The Morgan fingerprint density at radius 1 is 1.26 bits per heavy atom. The van der Waals surface area contributed by atoms with Crippen LogP contribution in [0.25, 0.3) is 0 Å². The number of benzene rings is 1. The van der Waals surface area contributed by atoms with Gasteiger partial charge in [0.1, 0.15) is 5.03 Å². The third kappa shape index (κ3) is 4.80. The summed E-state index contributed by atoms with van der Waals surface area (Å²) in [6.07, 6.45) is 1.46. The van der Waals surface area contributed by atoms with Crippen LogP contribution < -0.4 is 5.43 Å². The van der Waals surface area contributed by atoms with Crippen molar-refractivity contribution in [2.75, 3.05) is 5.43 Å². The minimum atomic E-state index is -1.12. The van der Waals surface area contributed by atoms with Gasteiger partial charge in [0.15, 0.2) is 10.8 Å². The largest absolute Gasteiger partial charge is 0.478 e. The fourth-order valence-corrected chi connectivity index (χ4v) is 2.46. The van der Waals surface area contributed by atoms with Crippen LogP contribution in [0.5, 0.6) is 0 Å². The number of hydrazone groups is 1. The number of pyridine rings is 1. The molecule has 0 aliphatic heterocycles. The average Bonchev–Trinajstić information content (AvgIpc) is 2.53. The van der Waals surface area contributed by atoms with E-state index in [-0.39, 0.29) is 21.4 Å². The molecule has 0 amide bonds. The molecular formula is C15H12ClN3O3S. The molecule has 118 valence electrons. The Morgan fingerprint density at radius 2 is 1.96 bits per heavy atom. The molecular weight excluding hydrogens is 338 g/mol. The molecule has 2 rings (SSSR count). The van der Waals surface area contributed by atoms with Gasteiger partial charge < -0.3 is 5.11 Å². The number of aromatic nitrogens is 1. The third-order valence-electron chi connectivity index (χ3n) is 2.63. The monoisotopic (exact) mass is 349 g/mol. The number of aromatic carboxylic acids is 1. The Bertz CT molecular complexity index is 763. The average molecular weight is 350 g/mol. The van der Waals surface area contributed by atoms with Gasteiger partial charge in [-0.05, 0) is 48.2 Å². The third-order valence-corrected chi connectivity index (χ3v) is 3.97. The van der Waals surface area contributed by atoms with Crippen molar-refractivity contribution in [3.8, 4) is 0 Å². The molecule has 8 heteroatoms. The van der Waals surface area contributed by atoms with Gasteiger partial charge in [0.25, 0.3) is 0 Å². The van der Waals surface area contributed by atoms with Gasteiger partial charge in [-0.1, -0.05) is 11.6 Å². The van der Waals surface area contributed by atoms with E-state index in [1.165, 1.54) is 25.3 Å². The maximum absolute atomic E-state index is 11.7. The molecule has 0 saturated carbocycles. The van der Waals surface area contributed by atoms with Crippen molar-refractivity contribution in [3.05, 3.63) is 53.2 Å². The van der Waals surface area contributed by atoms with E-state index in [1.807, 2.05) is 0 Å². The number of rotatable bonds is 5. The summed E-state index contributed by atoms with van der Waals surface area (Å²) < 4.78 is 0. The van der Waals surface area contributed by atoms with Gasteiger partial charge >= 0.3 is 5.97 Å². The summed E-state index contributed by atoms with van der Waals surface area (Å²) in [6, 6.07) is 9.71. The molecule has 23 heavy (non-hydrogen) atoms. The number of carboxylic acid groups (broad SMARTS) is 1. The number of halogens is 1. The van der Waals surface area contributed by atoms with Gasteiger partial charge in [-0.3, -0.25) is 10.2 Å². The van der Waals surface area contributed by atoms with Crippen molar-refractivity contribution < 1.29 is 14.7 Å². The summed E-state index contributed by atoms with van der Waals surface area (Å²) in [7, 11) is 0. The highest BCUT2D eigenvalue weighted by Gasteiger charge is 2.16. The van der Waals surface area contributed by atoms with E-state index in [0.717, 1.165) is 11.8 Å². The molecule has 0 bridgehead atoms. The Hall–Kier alpha value is -2.38. The van der Waals surface area contributed by atoms with Crippen LogP contribution in [0.1, 0.15) is 17.3 Å². The number of thioether (sulfide) groups is 1. The number of carbonyl (C=O) groups is 2. The number of Topliss-reactive ketones (excluding diaryl/α,β-unsaturated/α-hetero) is 1. The van der Waals surface area contributed by atoms with Crippen LogP contribution in [0.2, 0.25) is 5.02 Å². The standard InChI is InChI=1S/C15H12ClN3O3S/c1-9(20)13(19-18-11-6-4-10(16)5-7-11)23-14-12(15(21)22)3-2-8-17-14/h2-8,18H,1H3,(H,21,22). The lowest BCUT2D eigenvalue weighted by atomic mass is 10.3. The summed E-state index contributed by atoms with van der Waals surface area (Å²) in [5.74, 6) is -1.42. The lowest BCUT2D eigenvalue weighted by Crippen LogP contribution is -2.10. The molecule has 0 spiro atoms. The van der Waals surface area contributed by atoms with E-state index in [2.05, 4.69) is 15.5 Å². The number of ketones is 1. The molecule has 2 N–H and O–H groups in total. The van der Waals surface area contributed by atoms with E-state index in [0.29, 0.717) is 10.7 Å². The molecule has 1 aromatic heterocycles. The zero-order valence-corrected chi connectivity index (χ0v) is 13.6. The fraction of sp³-hybridized carbons (Fsp3) is 0.0667. The van der Waals surface area contributed by atoms with Crippen LogP contribution in [-0.4, -0.2) is 26.9 Å². The van der Waals surface area contributed by atoms with Crippen LogP contribution >= 0.6 is 23.4 Å². The minimum Gasteiger partial charge on any atom is -0.478 e. The summed E-state index contributed by atoms with van der Waals surface area (Å²) in [6.45, 7) is 1.35. The van der Waals surface area contributed by atoms with Crippen molar-refractivity contribution >= 4 is 45.8 Å². The lowest BCUT2D eigenvalue weighted by molar-refractivity contribution is -0.110. The first-order chi connectivity index (χ1) is 11.0. The Labute approximate surface area is 141 Å². The Morgan fingerprint density at radius 3 is 2.57 bits per heavy atom. The zero-order valence-electron chi connectivity index (χ0n) is 12.0. The maximum atomic E-state index is 11.7. The fourth-order valence-electron chi connectivity index (χ4n) is 1.54. The number of carboxylic acids is 1. The molecule has 0 fully saturated rings.